The zero-order valence-corrected chi connectivity index (χ0v) is 16.0. The lowest BCUT2D eigenvalue weighted by atomic mass is 10.1. The summed E-state index contributed by atoms with van der Waals surface area (Å²) in [4.78, 5) is 26.4. The first-order valence-electron chi connectivity index (χ1n) is 9.29. The average molecular weight is 389 g/mol. The molecule has 1 unspecified atom stereocenters. The predicted molar refractivity (Wildman–Crippen MR) is 99.1 cm³/mol. The number of hydrogen-bond acceptors (Lipinski definition) is 5. The smallest absolute Gasteiger partial charge is 0.258 e. The molecule has 1 saturated heterocycles. The van der Waals surface area contributed by atoms with Gasteiger partial charge in [-0.2, -0.15) is 0 Å². The fourth-order valence-electron chi connectivity index (χ4n) is 3.24. The molecule has 28 heavy (non-hydrogen) atoms. The molecule has 0 aliphatic carbocycles. The Morgan fingerprint density at radius 1 is 1.39 bits per heavy atom. The molecule has 7 nitrogen and oxygen atoms in total. The van der Waals surface area contributed by atoms with Crippen LogP contribution in [-0.4, -0.2) is 41.1 Å². The first-order valence-corrected chi connectivity index (χ1v) is 9.29. The van der Waals surface area contributed by atoms with Gasteiger partial charge in [0.2, 0.25) is 5.91 Å². The third kappa shape index (κ3) is 5.09. The van der Waals surface area contributed by atoms with E-state index in [1.54, 1.807) is 11.0 Å². The highest BCUT2D eigenvalue weighted by molar-refractivity contribution is 5.79. The van der Waals surface area contributed by atoms with Gasteiger partial charge in [0.15, 0.2) is 6.61 Å². The first kappa shape index (κ1) is 19.9. The van der Waals surface area contributed by atoms with E-state index in [1.807, 2.05) is 13.8 Å². The van der Waals surface area contributed by atoms with Crippen LogP contribution in [0.15, 0.2) is 28.8 Å². The minimum absolute atomic E-state index is 0.0489. The number of aryl methyl sites for hydroxylation is 2. The van der Waals surface area contributed by atoms with Crippen LogP contribution in [0.4, 0.5) is 4.39 Å². The summed E-state index contributed by atoms with van der Waals surface area (Å²) in [6, 6.07) is 5.54. The number of benzene rings is 1. The van der Waals surface area contributed by atoms with Gasteiger partial charge >= 0.3 is 0 Å². The SMILES string of the molecule is Cc1noc(C)c1CN1CCC(NC(=O)COc2cccc(F)c2)CCC1=O. The number of carbonyl (C=O) groups excluding carboxylic acids is 2. The Morgan fingerprint density at radius 3 is 2.93 bits per heavy atom. The molecule has 0 saturated carbocycles. The Bertz CT molecular complexity index is 832. The van der Waals surface area contributed by atoms with Crippen LogP contribution in [0, 0.1) is 19.7 Å². The van der Waals surface area contributed by atoms with Gasteiger partial charge in [0.25, 0.3) is 5.91 Å². The number of carbonyl (C=O) groups is 2. The molecule has 2 aromatic rings. The molecular formula is C20H24FN3O4. The van der Waals surface area contributed by atoms with E-state index in [4.69, 9.17) is 9.26 Å². The standard InChI is InChI=1S/C20H24FN3O4/c1-13-18(14(2)28-23-13)11-24-9-8-16(6-7-20(24)26)22-19(25)12-27-17-5-3-4-15(21)10-17/h3-5,10,16H,6-9,11-12H2,1-2H3,(H,22,25). The first-order chi connectivity index (χ1) is 13.4. The van der Waals surface area contributed by atoms with Crippen LogP contribution in [0.5, 0.6) is 5.75 Å². The van der Waals surface area contributed by atoms with Crippen LogP contribution in [0.1, 0.15) is 36.3 Å². The monoisotopic (exact) mass is 389 g/mol. The van der Waals surface area contributed by atoms with Crippen molar-refractivity contribution in [2.75, 3.05) is 13.2 Å². The van der Waals surface area contributed by atoms with E-state index >= 15 is 0 Å². The molecule has 0 spiro atoms. The fourth-order valence-corrected chi connectivity index (χ4v) is 3.24. The number of aromatic nitrogens is 1. The van der Waals surface area contributed by atoms with Gasteiger partial charge in [-0.1, -0.05) is 11.2 Å². The van der Waals surface area contributed by atoms with Crippen LogP contribution in [0.3, 0.4) is 0 Å². The van der Waals surface area contributed by atoms with Crippen molar-refractivity contribution < 1.29 is 23.2 Å². The van der Waals surface area contributed by atoms with E-state index in [-0.39, 0.29) is 24.5 Å². The lowest BCUT2D eigenvalue weighted by Gasteiger charge is -2.21. The van der Waals surface area contributed by atoms with E-state index < -0.39 is 5.82 Å². The van der Waals surface area contributed by atoms with Crippen LogP contribution in [-0.2, 0) is 16.1 Å². The topological polar surface area (TPSA) is 84.7 Å². The van der Waals surface area contributed by atoms with Crippen molar-refractivity contribution in [1.29, 1.82) is 0 Å². The maximum atomic E-state index is 13.1. The molecule has 3 rings (SSSR count). The maximum Gasteiger partial charge on any atom is 0.258 e. The average Bonchev–Trinajstić information content (AvgIpc) is 2.87. The van der Waals surface area contributed by atoms with Crippen molar-refractivity contribution in [3.63, 3.8) is 0 Å². The summed E-state index contributed by atoms with van der Waals surface area (Å²) >= 11 is 0. The Kier molecular flexibility index (Phi) is 6.28. The van der Waals surface area contributed by atoms with Gasteiger partial charge in [0.1, 0.15) is 17.3 Å². The zero-order chi connectivity index (χ0) is 20.1. The lowest BCUT2D eigenvalue weighted by molar-refractivity contribution is -0.131. The van der Waals surface area contributed by atoms with Gasteiger partial charge in [0.05, 0.1) is 12.2 Å². The van der Waals surface area contributed by atoms with Crippen LogP contribution < -0.4 is 10.1 Å². The van der Waals surface area contributed by atoms with E-state index in [2.05, 4.69) is 10.5 Å². The van der Waals surface area contributed by atoms with Crippen LogP contribution in [0.2, 0.25) is 0 Å². The van der Waals surface area contributed by atoms with Gasteiger partial charge in [-0.15, -0.1) is 0 Å². The fraction of sp³-hybridized carbons (Fsp3) is 0.450. The molecule has 1 N–H and O–H groups in total. The summed E-state index contributed by atoms with van der Waals surface area (Å²) in [5, 5.41) is 6.83. The predicted octanol–water partition coefficient (Wildman–Crippen LogP) is 2.51. The molecule has 1 aliphatic heterocycles. The summed E-state index contributed by atoms with van der Waals surface area (Å²) in [6.45, 7) is 4.49. The summed E-state index contributed by atoms with van der Waals surface area (Å²) < 4.78 is 23.6. The number of ether oxygens (including phenoxy) is 1. The highest BCUT2D eigenvalue weighted by Gasteiger charge is 2.25. The molecule has 0 bridgehead atoms. The summed E-state index contributed by atoms with van der Waals surface area (Å²) in [5.74, 6) is 0.359. The largest absolute Gasteiger partial charge is 0.484 e. The number of likely N-dealkylation sites (tertiary alicyclic amines) is 1. The Labute approximate surface area is 162 Å². The molecule has 8 heteroatoms. The molecular weight excluding hydrogens is 365 g/mol. The highest BCUT2D eigenvalue weighted by atomic mass is 19.1. The highest BCUT2D eigenvalue weighted by Crippen LogP contribution is 2.19. The second-order valence-corrected chi connectivity index (χ2v) is 6.96. The quantitative estimate of drug-likeness (QED) is 0.821. The van der Waals surface area contributed by atoms with Crippen molar-refractivity contribution in [1.82, 2.24) is 15.4 Å². The van der Waals surface area contributed by atoms with Crippen molar-refractivity contribution >= 4 is 11.8 Å². The zero-order valence-electron chi connectivity index (χ0n) is 16.0. The molecule has 1 aliphatic rings. The molecule has 2 amide bonds. The third-order valence-corrected chi connectivity index (χ3v) is 4.87. The van der Waals surface area contributed by atoms with E-state index in [0.29, 0.717) is 43.9 Å². The van der Waals surface area contributed by atoms with Crippen LogP contribution in [0.25, 0.3) is 0 Å². The minimum Gasteiger partial charge on any atom is -0.484 e. The number of rotatable bonds is 6. The van der Waals surface area contributed by atoms with Crippen molar-refractivity contribution in [3.05, 3.63) is 47.1 Å². The van der Waals surface area contributed by atoms with E-state index in [0.717, 1.165) is 11.3 Å². The molecule has 1 atom stereocenters. The number of halogens is 1. The van der Waals surface area contributed by atoms with E-state index in [1.165, 1.54) is 18.2 Å². The second-order valence-electron chi connectivity index (χ2n) is 6.96. The van der Waals surface area contributed by atoms with Gasteiger partial charge in [-0.3, -0.25) is 9.59 Å². The van der Waals surface area contributed by atoms with Crippen molar-refractivity contribution in [3.8, 4) is 5.75 Å². The minimum atomic E-state index is -0.418. The summed E-state index contributed by atoms with van der Waals surface area (Å²) in [6.07, 6.45) is 1.59. The Morgan fingerprint density at radius 2 is 2.21 bits per heavy atom. The molecule has 0 radical (unpaired) electrons. The van der Waals surface area contributed by atoms with Gasteiger partial charge in [-0.25, -0.2) is 4.39 Å². The Balaban J connectivity index is 1.50. The van der Waals surface area contributed by atoms with Gasteiger partial charge in [-0.05, 0) is 38.8 Å². The Hall–Kier alpha value is -2.90. The third-order valence-electron chi connectivity index (χ3n) is 4.87. The summed E-state index contributed by atoms with van der Waals surface area (Å²) in [5.41, 5.74) is 1.72. The number of nitrogens with one attached hydrogen (secondary N) is 1. The lowest BCUT2D eigenvalue weighted by Crippen LogP contribution is -2.38. The number of nitrogens with zero attached hydrogens (tertiary/aromatic N) is 2. The molecule has 2 heterocycles. The molecule has 1 fully saturated rings. The van der Waals surface area contributed by atoms with Gasteiger partial charge < -0.3 is 19.5 Å². The summed E-state index contributed by atoms with van der Waals surface area (Å²) in [7, 11) is 0. The van der Waals surface area contributed by atoms with Gasteiger partial charge in [0, 0.05) is 30.6 Å². The van der Waals surface area contributed by atoms with E-state index in [9.17, 15) is 14.0 Å². The number of amides is 2. The second kappa shape index (κ2) is 8.86. The molecule has 1 aromatic heterocycles. The normalized spacial score (nSPS) is 17.3. The molecule has 150 valence electrons. The van der Waals surface area contributed by atoms with Crippen molar-refractivity contribution in [2.45, 2.75) is 45.7 Å². The van der Waals surface area contributed by atoms with Crippen molar-refractivity contribution in [2.24, 2.45) is 0 Å². The molecule has 1 aromatic carbocycles. The number of hydrogen-bond donors (Lipinski definition) is 1. The maximum absolute atomic E-state index is 13.1. The van der Waals surface area contributed by atoms with Crippen LogP contribution >= 0.6 is 0 Å².